The zero-order valence-corrected chi connectivity index (χ0v) is 63.4. The Morgan fingerprint density at radius 2 is 0.889 bits per heavy atom. The first-order chi connectivity index (χ1) is 48.7. The highest BCUT2D eigenvalue weighted by atomic mass is 16.6. The maximum atomic E-state index is 13.9. The monoisotopic (exact) mass is 1370 g/mol. The van der Waals surface area contributed by atoms with Gasteiger partial charge in [0.15, 0.2) is 36.9 Å². The highest BCUT2D eigenvalue weighted by molar-refractivity contribution is 5.99. The molecular formula is C86H142N5O8+. The number of nitrogens with zero attached hydrogens (tertiary/aromatic N) is 2. The van der Waals surface area contributed by atoms with Crippen LogP contribution >= 0.6 is 0 Å². The summed E-state index contributed by atoms with van der Waals surface area (Å²) in [6.45, 7) is 19.1. The molecule has 99 heavy (non-hydrogen) atoms. The SMILES string of the molecule is C=CN(CCOC(=O)NCCCCCCCCCCCCCCCCCC)c1ccc2c(c1)OC1=C(C=CC(=[N+](CCOC(=C)NCCCCCCCCCCCCCCCCCC)CCOC(=O)NCCCCCCCCCCCCCCCCCC)C1)C21OC(=O)c2ccccc21. The molecule has 13 heteroatoms. The topological polar surface area (TPSA) is 140 Å². The molecule has 558 valence electrons. The van der Waals surface area contributed by atoms with Crippen LogP contribution in [-0.2, 0) is 24.5 Å². The van der Waals surface area contributed by atoms with Crippen LogP contribution in [0.4, 0.5) is 15.3 Å². The Kier molecular flexibility index (Phi) is 46.6. The third kappa shape index (κ3) is 34.7. The van der Waals surface area contributed by atoms with Gasteiger partial charge in [-0.1, -0.05) is 334 Å². The minimum atomic E-state index is -1.26. The lowest BCUT2D eigenvalue weighted by Crippen LogP contribution is -2.38. The Balaban J connectivity index is 1.11. The molecule has 2 aromatic carbocycles. The molecule has 5 rings (SSSR count). The summed E-state index contributed by atoms with van der Waals surface area (Å²) in [6.07, 6.45) is 68.5. The summed E-state index contributed by atoms with van der Waals surface area (Å²) in [7, 11) is 0. The Bertz CT molecular complexity index is 2550. The molecule has 3 N–H and O–H groups in total. The van der Waals surface area contributed by atoms with Crippen LogP contribution in [0.15, 0.2) is 91.2 Å². The largest absolute Gasteiger partial charge is 0.473 e. The number of amides is 2. The van der Waals surface area contributed by atoms with Crippen LogP contribution in [0.1, 0.15) is 357 Å². The smallest absolute Gasteiger partial charge is 0.407 e. The molecule has 0 bridgehead atoms. The van der Waals surface area contributed by atoms with Gasteiger partial charge in [0.2, 0.25) is 0 Å². The Labute approximate surface area is 603 Å². The minimum absolute atomic E-state index is 0.148. The highest BCUT2D eigenvalue weighted by Gasteiger charge is 2.55. The average Bonchev–Trinajstić information content (AvgIpc) is 1.62. The summed E-state index contributed by atoms with van der Waals surface area (Å²) in [5, 5.41) is 9.35. The number of esters is 1. The van der Waals surface area contributed by atoms with Crippen molar-refractivity contribution in [3.8, 4) is 5.75 Å². The number of alkyl carbamates (subject to hydrolysis) is 2. The maximum absolute atomic E-state index is 13.9. The summed E-state index contributed by atoms with van der Waals surface area (Å²) in [6, 6.07) is 13.5. The molecule has 0 aromatic heterocycles. The molecule has 0 fully saturated rings. The van der Waals surface area contributed by atoms with Gasteiger partial charge in [0.25, 0.3) is 0 Å². The number of anilines is 1. The first-order valence-electron chi connectivity index (χ1n) is 41.2. The van der Waals surface area contributed by atoms with Gasteiger partial charge in [-0.2, -0.15) is 0 Å². The van der Waals surface area contributed by atoms with E-state index in [9.17, 15) is 14.4 Å². The van der Waals surface area contributed by atoms with Crippen LogP contribution < -0.4 is 25.6 Å². The number of carbonyl (C=O) groups is 3. The molecule has 1 unspecified atom stereocenters. The van der Waals surface area contributed by atoms with Crippen molar-refractivity contribution in [2.45, 2.75) is 341 Å². The Hall–Kier alpha value is -5.72. The van der Waals surface area contributed by atoms with Gasteiger partial charge >= 0.3 is 18.2 Å². The molecular weight excluding hydrogens is 1230 g/mol. The molecule has 2 aromatic rings. The van der Waals surface area contributed by atoms with Gasteiger partial charge in [-0.3, -0.25) is 0 Å². The Morgan fingerprint density at radius 3 is 1.32 bits per heavy atom. The van der Waals surface area contributed by atoms with Gasteiger partial charge < -0.3 is 44.5 Å². The number of fused-ring (bicyclic) bond motifs is 5. The quantitative estimate of drug-likeness (QED) is 0.0193. The average molecular weight is 1370 g/mol. The fourth-order valence-electron chi connectivity index (χ4n) is 14.4. The number of rotatable bonds is 64. The molecule has 1 spiro atoms. The fourth-order valence-corrected chi connectivity index (χ4v) is 14.4. The van der Waals surface area contributed by atoms with Gasteiger partial charge in [0.05, 0.1) is 18.5 Å². The molecule has 2 aliphatic heterocycles. The van der Waals surface area contributed by atoms with Crippen LogP contribution in [-0.4, -0.2) is 87.5 Å². The molecule has 1 atom stereocenters. The molecule has 0 saturated carbocycles. The number of ether oxygens (including phenoxy) is 5. The third-order valence-corrected chi connectivity index (χ3v) is 20.5. The van der Waals surface area contributed by atoms with Gasteiger partial charge in [-0.15, -0.1) is 0 Å². The van der Waals surface area contributed by atoms with Gasteiger partial charge in [0, 0.05) is 54.2 Å². The molecule has 3 aliphatic rings. The van der Waals surface area contributed by atoms with E-state index in [-0.39, 0.29) is 13.2 Å². The summed E-state index contributed by atoms with van der Waals surface area (Å²) in [5.74, 6) is 1.33. The standard InChI is InChI=1S/C86H141N5O8/c1-6-10-13-16-19-22-25-28-31-34-37-40-43-46-49-54-63-87-74(5)95-69-67-91(68-71-97-85(94)89-65-56-51-48-45-42-39-36-33-30-27-24-21-18-15-12-8-3)76-60-62-80-82(73-76)98-81-72-75(59-61-79(81)86(80)78-58-53-52-57-77(78)83(92)99-86)90(9-4)66-70-96-84(93)88-64-55-50-47-44-41-38-35-32-29-26-23-20-17-14-11-7-2/h9,52-53,57-62,72,87H,4-8,10-51,54-56,63-71,73H2,1-3H3,(H-,88,89,93,94)/p+1. The molecule has 0 saturated heterocycles. The van der Waals surface area contributed by atoms with E-state index in [1.807, 2.05) is 53.4 Å². The second-order valence-corrected chi connectivity index (χ2v) is 28.8. The van der Waals surface area contributed by atoms with Crippen molar-refractivity contribution in [1.29, 1.82) is 0 Å². The molecule has 13 nitrogen and oxygen atoms in total. The predicted octanol–water partition coefficient (Wildman–Crippen LogP) is 23.4. The van der Waals surface area contributed by atoms with E-state index in [1.54, 1.807) is 6.20 Å². The third-order valence-electron chi connectivity index (χ3n) is 20.5. The van der Waals surface area contributed by atoms with Crippen molar-refractivity contribution in [3.05, 3.63) is 108 Å². The minimum Gasteiger partial charge on any atom is -0.473 e. The van der Waals surface area contributed by atoms with Crippen molar-refractivity contribution < 1.29 is 42.6 Å². The number of hydrogen-bond donors (Lipinski definition) is 3. The van der Waals surface area contributed by atoms with Crippen molar-refractivity contribution >= 4 is 29.6 Å². The van der Waals surface area contributed by atoms with Crippen LogP contribution in [0.5, 0.6) is 5.75 Å². The lowest BCUT2D eigenvalue weighted by Gasteiger charge is -2.38. The van der Waals surface area contributed by atoms with E-state index in [4.69, 9.17) is 23.7 Å². The molecule has 1 aliphatic carbocycles. The van der Waals surface area contributed by atoms with Crippen LogP contribution in [0.3, 0.4) is 0 Å². The number of nitrogens with one attached hydrogen (secondary N) is 3. The van der Waals surface area contributed by atoms with Crippen LogP contribution in [0, 0.1) is 0 Å². The lowest BCUT2D eigenvalue weighted by molar-refractivity contribution is -0.532. The van der Waals surface area contributed by atoms with Crippen LogP contribution in [0.2, 0.25) is 0 Å². The summed E-state index contributed by atoms with van der Waals surface area (Å²) >= 11 is 0. The van der Waals surface area contributed by atoms with Gasteiger partial charge in [-0.25, -0.2) is 19.0 Å². The summed E-state index contributed by atoms with van der Waals surface area (Å²) in [4.78, 5) is 41.8. The van der Waals surface area contributed by atoms with E-state index in [2.05, 4.69) is 60.5 Å². The van der Waals surface area contributed by atoms with Crippen molar-refractivity contribution in [3.63, 3.8) is 0 Å². The van der Waals surface area contributed by atoms with Crippen molar-refractivity contribution in [1.82, 2.24) is 16.0 Å². The van der Waals surface area contributed by atoms with Crippen molar-refractivity contribution in [2.24, 2.45) is 0 Å². The fraction of sp³-hybridized carbons (Fsp3) is 0.721. The van der Waals surface area contributed by atoms with E-state index < -0.39 is 23.8 Å². The van der Waals surface area contributed by atoms with Crippen LogP contribution in [0.25, 0.3) is 0 Å². The van der Waals surface area contributed by atoms with E-state index in [1.165, 1.54) is 276 Å². The first kappa shape index (κ1) is 83.9. The first-order valence-corrected chi connectivity index (χ1v) is 41.2. The zero-order valence-electron chi connectivity index (χ0n) is 63.4. The summed E-state index contributed by atoms with van der Waals surface area (Å²) < 4.78 is 33.5. The highest BCUT2D eigenvalue weighted by Crippen LogP contribution is 2.55. The number of unbranched alkanes of at least 4 members (excludes halogenated alkanes) is 45. The lowest BCUT2D eigenvalue weighted by atomic mass is 9.75. The zero-order chi connectivity index (χ0) is 70.3. The van der Waals surface area contributed by atoms with E-state index in [0.717, 1.165) is 61.2 Å². The molecule has 0 radical (unpaired) electrons. The predicted molar refractivity (Wildman–Crippen MR) is 413 cm³/mol. The number of allylic oxidation sites excluding steroid dienone is 2. The second kappa shape index (κ2) is 55.0. The van der Waals surface area contributed by atoms with E-state index >= 15 is 0 Å². The maximum Gasteiger partial charge on any atom is 0.407 e. The number of benzene rings is 2. The molecule has 2 amide bonds. The van der Waals surface area contributed by atoms with E-state index in [0.29, 0.717) is 74.3 Å². The van der Waals surface area contributed by atoms with Crippen molar-refractivity contribution in [2.75, 3.05) is 64.0 Å². The normalized spacial score (nSPS) is 14.9. The Morgan fingerprint density at radius 1 is 0.495 bits per heavy atom. The van der Waals surface area contributed by atoms with Gasteiger partial charge in [0.1, 0.15) is 24.7 Å². The summed E-state index contributed by atoms with van der Waals surface area (Å²) in [5.41, 5.74) is 3.17. The second-order valence-electron chi connectivity index (χ2n) is 28.8. The number of carbonyl (C=O) groups excluding carboxylic acids is 3. The number of hydrogen-bond acceptors (Lipinski definition) is 10. The van der Waals surface area contributed by atoms with Gasteiger partial charge in [-0.05, 0) is 56.3 Å². The molecule has 2 heterocycles.